The van der Waals surface area contributed by atoms with Crippen molar-refractivity contribution in [1.82, 2.24) is 0 Å². The van der Waals surface area contributed by atoms with E-state index < -0.39 is 0 Å². The number of allylic oxidation sites excluding steroid dienone is 4. The molecule has 96 valence electrons. The summed E-state index contributed by atoms with van der Waals surface area (Å²) in [4.78, 5) is 22.5. The number of ketones is 2. The van der Waals surface area contributed by atoms with Crippen LogP contribution in [0.3, 0.4) is 0 Å². The highest BCUT2D eigenvalue weighted by molar-refractivity contribution is 5.90. The molecule has 0 rings (SSSR count). The lowest BCUT2D eigenvalue weighted by molar-refractivity contribution is -0.115. The van der Waals surface area contributed by atoms with Gasteiger partial charge >= 0.3 is 0 Å². The lowest BCUT2D eigenvalue weighted by atomic mass is 10.1. The van der Waals surface area contributed by atoms with Crippen LogP contribution in [-0.2, 0) is 9.59 Å². The average Bonchev–Trinajstić information content (AvgIpc) is 2.14. The van der Waals surface area contributed by atoms with E-state index in [1.165, 1.54) is 12.2 Å². The number of unbranched alkanes of at least 4 members (excludes halogenated alkanes) is 2. The zero-order valence-corrected chi connectivity index (χ0v) is 10.7. The SMILES string of the molecule is CC(N)=CC(=O)CCCCCC(=O)C=C(C)N. The third kappa shape index (κ3) is 10.7. The molecular weight excluding hydrogens is 216 g/mol. The molecule has 0 aliphatic rings. The molecule has 0 aromatic rings. The van der Waals surface area contributed by atoms with Gasteiger partial charge in [-0.05, 0) is 38.8 Å². The minimum Gasteiger partial charge on any atom is -0.402 e. The van der Waals surface area contributed by atoms with Crippen LogP contribution >= 0.6 is 0 Å². The normalized spacial score (nSPS) is 12.6. The number of hydrogen-bond donors (Lipinski definition) is 2. The summed E-state index contributed by atoms with van der Waals surface area (Å²) in [6.45, 7) is 3.39. The van der Waals surface area contributed by atoms with Gasteiger partial charge in [0.05, 0.1) is 0 Å². The van der Waals surface area contributed by atoms with E-state index in [4.69, 9.17) is 11.5 Å². The summed E-state index contributed by atoms with van der Waals surface area (Å²) in [5, 5.41) is 0. The quantitative estimate of drug-likeness (QED) is 0.498. The summed E-state index contributed by atoms with van der Waals surface area (Å²) in [6.07, 6.45) is 6.34. The smallest absolute Gasteiger partial charge is 0.157 e. The summed E-state index contributed by atoms with van der Waals surface area (Å²) >= 11 is 0. The molecule has 0 saturated heterocycles. The van der Waals surface area contributed by atoms with Gasteiger partial charge < -0.3 is 11.5 Å². The van der Waals surface area contributed by atoms with Gasteiger partial charge in [0, 0.05) is 24.2 Å². The van der Waals surface area contributed by atoms with Crippen LogP contribution in [0.15, 0.2) is 23.5 Å². The fourth-order valence-electron chi connectivity index (χ4n) is 1.43. The van der Waals surface area contributed by atoms with Crippen molar-refractivity contribution in [3.05, 3.63) is 23.5 Å². The molecule has 0 radical (unpaired) electrons. The topological polar surface area (TPSA) is 86.2 Å². The molecule has 0 bridgehead atoms. The largest absolute Gasteiger partial charge is 0.402 e. The second kappa shape index (κ2) is 8.56. The Hall–Kier alpha value is -1.58. The van der Waals surface area contributed by atoms with E-state index in [1.54, 1.807) is 13.8 Å². The fourth-order valence-corrected chi connectivity index (χ4v) is 1.43. The standard InChI is InChI=1S/C13H22N2O2/c1-10(14)8-12(16)6-4-3-5-7-13(17)9-11(2)15/h8-9H,3-7,14-15H2,1-2H3. The van der Waals surface area contributed by atoms with E-state index in [-0.39, 0.29) is 11.6 Å². The molecule has 0 aromatic heterocycles. The number of carbonyl (C=O) groups is 2. The van der Waals surface area contributed by atoms with Crippen LogP contribution < -0.4 is 11.5 Å². The Bertz CT molecular complexity index is 290. The lowest BCUT2D eigenvalue weighted by Crippen LogP contribution is -2.00. The predicted molar refractivity (Wildman–Crippen MR) is 69.0 cm³/mol. The Balaban J connectivity index is 3.60. The maximum absolute atomic E-state index is 11.2. The van der Waals surface area contributed by atoms with Gasteiger partial charge in [-0.1, -0.05) is 6.42 Å². The molecule has 4 nitrogen and oxygen atoms in total. The number of nitrogens with two attached hydrogens (primary N) is 2. The minimum atomic E-state index is 0.0500. The lowest BCUT2D eigenvalue weighted by Gasteiger charge is -1.98. The van der Waals surface area contributed by atoms with Gasteiger partial charge in [0.15, 0.2) is 11.6 Å². The molecular formula is C13H22N2O2. The monoisotopic (exact) mass is 238 g/mol. The molecule has 0 fully saturated rings. The highest BCUT2D eigenvalue weighted by Crippen LogP contribution is 2.05. The Morgan fingerprint density at radius 1 is 0.824 bits per heavy atom. The number of hydrogen-bond acceptors (Lipinski definition) is 4. The van der Waals surface area contributed by atoms with Crippen molar-refractivity contribution in [2.24, 2.45) is 11.5 Å². The highest BCUT2D eigenvalue weighted by atomic mass is 16.1. The molecule has 0 aliphatic heterocycles. The Morgan fingerprint density at radius 3 is 1.47 bits per heavy atom. The van der Waals surface area contributed by atoms with Crippen molar-refractivity contribution in [2.45, 2.75) is 46.0 Å². The van der Waals surface area contributed by atoms with Crippen molar-refractivity contribution >= 4 is 11.6 Å². The molecule has 0 spiro atoms. The summed E-state index contributed by atoms with van der Waals surface area (Å²) in [5.74, 6) is 0.100. The first-order valence-electron chi connectivity index (χ1n) is 5.85. The van der Waals surface area contributed by atoms with Crippen molar-refractivity contribution in [3.8, 4) is 0 Å². The molecule has 0 amide bonds. The molecule has 0 atom stereocenters. The van der Waals surface area contributed by atoms with Gasteiger partial charge in [0.25, 0.3) is 0 Å². The molecule has 0 aliphatic carbocycles. The molecule has 4 N–H and O–H groups in total. The van der Waals surface area contributed by atoms with Gasteiger partial charge in [-0.2, -0.15) is 0 Å². The maximum Gasteiger partial charge on any atom is 0.157 e. The van der Waals surface area contributed by atoms with E-state index in [0.29, 0.717) is 24.2 Å². The van der Waals surface area contributed by atoms with Gasteiger partial charge in [0.2, 0.25) is 0 Å². The van der Waals surface area contributed by atoms with Crippen LogP contribution in [0.4, 0.5) is 0 Å². The van der Waals surface area contributed by atoms with E-state index in [0.717, 1.165) is 19.3 Å². The Labute approximate surface area is 103 Å². The van der Waals surface area contributed by atoms with Crippen LogP contribution in [0.5, 0.6) is 0 Å². The maximum atomic E-state index is 11.2. The first-order chi connectivity index (χ1) is 7.91. The van der Waals surface area contributed by atoms with Crippen molar-refractivity contribution in [2.75, 3.05) is 0 Å². The fraction of sp³-hybridized carbons (Fsp3) is 0.538. The first kappa shape index (κ1) is 15.4. The van der Waals surface area contributed by atoms with Crippen molar-refractivity contribution in [1.29, 1.82) is 0 Å². The zero-order chi connectivity index (χ0) is 13.3. The van der Waals surface area contributed by atoms with Crippen LogP contribution in [0, 0.1) is 0 Å². The zero-order valence-electron chi connectivity index (χ0n) is 10.7. The van der Waals surface area contributed by atoms with Crippen LogP contribution in [0.2, 0.25) is 0 Å². The third-order valence-corrected chi connectivity index (χ3v) is 2.12. The predicted octanol–water partition coefficient (Wildman–Crippen LogP) is 1.80. The average molecular weight is 238 g/mol. The van der Waals surface area contributed by atoms with Crippen molar-refractivity contribution in [3.63, 3.8) is 0 Å². The summed E-state index contributed by atoms with van der Waals surface area (Å²) < 4.78 is 0. The van der Waals surface area contributed by atoms with E-state index in [2.05, 4.69) is 0 Å². The van der Waals surface area contributed by atoms with E-state index in [9.17, 15) is 9.59 Å². The van der Waals surface area contributed by atoms with Crippen LogP contribution in [0.25, 0.3) is 0 Å². The molecule has 0 heterocycles. The third-order valence-electron chi connectivity index (χ3n) is 2.12. The van der Waals surface area contributed by atoms with Crippen LogP contribution in [-0.4, -0.2) is 11.6 Å². The highest BCUT2D eigenvalue weighted by Gasteiger charge is 2.00. The molecule has 0 unspecified atom stereocenters. The van der Waals surface area contributed by atoms with Gasteiger partial charge in [0.1, 0.15) is 0 Å². The second-order valence-electron chi connectivity index (χ2n) is 4.27. The first-order valence-corrected chi connectivity index (χ1v) is 5.85. The van der Waals surface area contributed by atoms with Gasteiger partial charge in [-0.25, -0.2) is 0 Å². The van der Waals surface area contributed by atoms with E-state index >= 15 is 0 Å². The second-order valence-corrected chi connectivity index (χ2v) is 4.27. The van der Waals surface area contributed by atoms with Crippen LogP contribution in [0.1, 0.15) is 46.0 Å². The van der Waals surface area contributed by atoms with Gasteiger partial charge in [-0.15, -0.1) is 0 Å². The Kier molecular flexibility index (Phi) is 7.76. The Morgan fingerprint density at radius 2 is 1.18 bits per heavy atom. The van der Waals surface area contributed by atoms with E-state index in [1.807, 2.05) is 0 Å². The van der Waals surface area contributed by atoms with Gasteiger partial charge in [-0.3, -0.25) is 9.59 Å². The number of carbonyl (C=O) groups excluding carboxylic acids is 2. The molecule has 17 heavy (non-hydrogen) atoms. The summed E-state index contributed by atoms with van der Waals surface area (Å²) in [7, 11) is 0. The minimum absolute atomic E-state index is 0.0500. The van der Waals surface area contributed by atoms with Crippen molar-refractivity contribution < 1.29 is 9.59 Å². The summed E-state index contributed by atoms with van der Waals surface area (Å²) in [6, 6.07) is 0. The molecule has 0 saturated carbocycles. The molecule has 0 aromatic carbocycles. The summed E-state index contributed by atoms with van der Waals surface area (Å²) in [5.41, 5.74) is 11.8. The number of rotatable bonds is 8. The molecule has 4 heteroatoms.